The summed E-state index contributed by atoms with van der Waals surface area (Å²) < 4.78 is 10.5. The van der Waals surface area contributed by atoms with Gasteiger partial charge in [0.15, 0.2) is 11.5 Å². The molecule has 2 aromatic carbocycles. The summed E-state index contributed by atoms with van der Waals surface area (Å²) in [5.41, 5.74) is 2.81. The SMILES string of the molecule is Cc1ccc(SCC(=O)NC(=O)Nc2ccc3c(c2)OCO3)c(C)c1. The smallest absolute Gasteiger partial charge is 0.325 e. The second-order valence-electron chi connectivity index (χ2n) is 5.63. The maximum absolute atomic E-state index is 11.9. The Labute approximate surface area is 149 Å². The van der Waals surface area contributed by atoms with E-state index in [9.17, 15) is 9.59 Å². The van der Waals surface area contributed by atoms with Crippen molar-refractivity contribution in [3.63, 3.8) is 0 Å². The van der Waals surface area contributed by atoms with Crippen molar-refractivity contribution in [1.29, 1.82) is 0 Å². The Morgan fingerprint density at radius 2 is 1.88 bits per heavy atom. The summed E-state index contributed by atoms with van der Waals surface area (Å²) in [5.74, 6) is 1.00. The maximum Gasteiger partial charge on any atom is 0.325 e. The fourth-order valence-corrected chi connectivity index (χ4v) is 3.21. The van der Waals surface area contributed by atoms with Crippen LogP contribution < -0.4 is 20.1 Å². The first-order valence-electron chi connectivity index (χ1n) is 7.72. The largest absolute Gasteiger partial charge is 0.454 e. The van der Waals surface area contributed by atoms with E-state index in [2.05, 4.69) is 16.7 Å². The fraction of sp³-hybridized carbons (Fsp3) is 0.222. The van der Waals surface area contributed by atoms with Gasteiger partial charge in [0.2, 0.25) is 12.7 Å². The Morgan fingerprint density at radius 1 is 1.08 bits per heavy atom. The predicted molar refractivity (Wildman–Crippen MR) is 96.4 cm³/mol. The highest BCUT2D eigenvalue weighted by atomic mass is 32.2. The van der Waals surface area contributed by atoms with Gasteiger partial charge in [-0.3, -0.25) is 10.1 Å². The van der Waals surface area contributed by atoms with E-state index in [4.69, 9.17) is 9.47 Å². The Morgan fingerprint density at radius 3 is 2.68 bits per heavy atom. The van der Waals surface area contributed by atoms with E-state index in [1.807, 2.05) is 26.0 Å². The van der Waals surface area contributed by atoms with E-state index >= 15 is 0 Å². The molecule has 0 atom stereocenters. The highest BCUT2D eigenvalue weighted by molar-refractivity contribution is 8.00. The number of benzene rings is 2. The maximum atomic E-state index is 11.9. The lowest BCUT2D eigenvalue weighted by atomic mass is 10.2. The fourth-order valence-electron chi connectivity index (χ4n) is 2.40. The average molecular weight is 358 g/mol. The number of nitrogens with one attached hydrogen (secondary N) is 2. The van der Waals surface area contributed by atoms with Crippen LogP contribution in [-0.2, 0) is 4.79 Å². The Balaban J connectivity index is 1.50. The zero-order valence-corrected chi connectivity index (χ0v) is 14.7. The van der Waals surface area contributed by atoms with Gasteiger partial charge in [0.05, 0.1) is 5.75 Å². The Kier molecular flexibility index (Phi) is 5.14. The third-order valence-electron chi connectivity index (χ3n) is 3.57. The quantitative estimate of drug-likeness (QED) is 0.819. The molecular weight excluding hydrogens is 340 g/mol. The molecule has 2 aromatic rings. The summed E-state index contributed by atoms with van der Waals surface area (Å²) in [4.78, 5) is 24.9. The lowest BCUT2D eigenvalue weighted by Crippen LogP contribution is -2.35. The number of hydrogen-bond acceptors (Lipinski definition) is 5. The molecule has 0 unspecified atom stereocenters. The summed E-state index contributed by atoms with van der Waals surface area (Å²) >= 11 is 1.40. The predicted octanol–water partition coefficient (Wildman–Crippen LogP) is 3.47. The van der Waals surface area contributed by atoms with Crippen LogP contribution in [0.2, 0.25) is 0 Å². The van der Waals surface area contributed by atoms with Crippen molar-refractivity contribution < 1.29 is 19.1 Å². The molecule has 3 amide bonds. The molecule has 1 aliphatic heterocycles. The molecular formula is C18H18N2O4S. The number of carbonyl (C=O) groups excluding carboxylic acids is 2. The van der Waals surface area contributed by atoms with E-state index in [-0.39, 0.29) is 18.5 Å². The third kappa shape index (κ3) is 4.45. The molecule has 2 N–H and O–H groups in total. The Hall–Kier alpha value is -2.67. The second-order valence-corrected chi connectivity index (χ2v) is 6.65. The number of fused-ring (bicyclic) bond motifs is 1. The van der Waals surface area contributed by atoms with Crippen LogP contribution in [0.4, 0.5) is 10.5 Å². The first-order chi connectivity index (χ1) is 12.0. The first kappa shape index (κ1) is 17.2. The molecule has 7 heteroatoms. The number of rotatable bonds is 4. The average Bonchev–Trinajstić information content (AvgIpc) is 3.01. The molecule has 25 heavy (non-hydrogen) atoms. The van der Waals surface area contributed by atoms with Gasteiger partial charge in [-0.25, -0.2) is 4.79 Å². The van der Waals surface area contributed by atoms with Crippen molar-refractivity contribution in [3.8, 4) is 11.5 Å². The lowest BCUT2D eigenvalue weighted by Gasteiger charge is -2.08. The van der Waals surface area contributed by atoms with Crippen LogP contribution in [-0.4, -0.2) is 24.5 Å². The highest BCUT2D eigenvalue weighted by Crippen LogP contribution is 2.34. The van der Waals surface area contributed by atoms with E-state index in [0.717, 1.165) is 10.5 Å². The Bertz CT molecular complexity index is 823. The van der Waals surface area contributed by atoms with Crippen molar-refractivity contribution in [3.05, 3.63) is 47.5 Å². The number of urea groups is 1. The van der Waals surface area contributed by atoms with E-state index < -0.39 is 6.03 Å². The molecule has 0 saturated heterocycles. The van der Waals surface area contributed by atoms with Crippen molar-refractivity contribution in [1.82, 2.24) is 5.32 Å². The van der Waals surface area contributed by atoms with Crippen LogP contribution in [0.25, 0.3) is 0 Å². The zero-order valence-electron chi connectivity index (χ0n) is 13.9. The molecule has 0 aliphatic carbocycles. The minimum absolute atomic E-state index is 0.165. The molecule has 1 heterocycles. The van der Waals surface area contributed by atoms with Gasteiger partial charge >= 0.3 is 6.03 Å². The van der Waals surface area contributed by atoms with Gasteiger partial charge in [-0.05, 0) is 37.6 Å². The van der Waals surface area contributed by atoms with E-state index in [1.54, 1.807) is 18.2 Å². The van der Waals surface area contributed by atoms with Crippen LogP contribution in [0.1, 0.15) is 11.1 Å². The standard InChI is InChI=1S/C18H18N2O4S/c1-11-3-6-16(12(2)7-11)25-9-17(21)20-18(22)19-13-4-5-14-15(8-13)24-10-23-14/h3-8H,9-10H2,1-2H3,(H2,19,20,21,22). The number of ether oxygens (including phenoxy) is 2. The van der Waals surface area contributed by atoms with E-state index in [0.29, 0.717) is 17.2 Å². The van der Waals surface area contributed by atoms with Gasteiger partial charge < -0.3 is 14.8 Å². The molecule has 0 radical (unpaired) electrons. The van der Waals surface area contributed by atoms with Gasteiger partial charge in [0.25, 0.3) is 0 Å². The third-order valence-corrected chi connectivity index (χ3v) is 4.75. The molecule has 1 aliphatic rings. The molecule has 6 nitrogen and oxygen atoms in total. The lowest BCUT2D eigenvalue weighted by molar-refractivity contribution is -0.117. The normalized spacial score (nSPS) is 11.9. The van der Waals surface area contributed by atoms with Crippen molar-refractivity contribution in [2.75, 3.05) is 17.9 Å². The number of anilines is 1. The van der Waals surface area contributed by atoms with Crippen molar-refractivity contribution in [2.45, 2.75) is 18.7 Å². The molecule has 0 spiro atoms. The van der Waals surface area contributed by atoms with Crippen molar-refractivity contribution in [2.24, 2.45) is 0 Å². The summed E-state index contributed by atoms with van der Waals surface area (Å²) in [5, 5.41) is 4.92. The number of carbonyl (C=O) groups is 2. The molecule has 0 aromatic heterocycles. The second kappa shape index (κ2) is 7.48. The van der Waals surface area contributed by atoms with Gasteiger partial charge in [0, 0.05) is 16.6 Å². The van der Waals surface area contributed by atoms with Crippen LogP contribution in [0.5, 0.6) is 11.5 Å². The van der Waals surface area contributed by atoms with Gasteiger partial charge in [-0.1, -0.05) is 17.7 Å². The van der Waals surface area contributed by atoms with Gasteiger partial charge in [-0.15, -0.1) is 11.8 Å². The summed E-state index contributed by atoms with van der Waals surface area (Å²) in [7, 11) is 0. The van der Waals surface area contributed by atoms with E-state index in [1.165, 1.54) is 17.3 Å². The number of aryl methyl sites for hydroxylation is 2. The van der Waals surface area contributed by atoms with Crippen LogP contribution in [0, 0.1) is 13.8 Å². The van der Waals surface area contributed by atoms with Gasteiger partial charge in [0.1, 0.15) is 0 Å². The number of imide groups is 1. The summed E-state index contributed by atoms with van der Waals surface area (Å²) in [6.45, 7) is 4.19. The number of thioether (sulfide) groups is 1. The number of hydrogen-bond donors (Lipinski definition) is 2. The molecule has 3 rings (SSSR count). The topological polar surface area (TPSA) is 76.7 Å². The van der Waals surface area contributed by atoms with Crippen molar-refractivity contribution >= 4 is 29.4 Å². The van der Waals surface area contributed by atoms with Crippen LogP contribution >= 0.6 is 11.8 Å². The van der Waals surface area contributed by atoms with Gasteiger partial charge in [-0.2, -0.15) is 0 Å². The van der Waals surface area contributed by atoms with Crippen LogP contribution in [0.3, 0.4) is 0 Å². The molecule has 0 saturated carbocycles. The molecule has 130 valence electrons. The van der Waals surface area contributed by atoms with Crippen LogP contribution in [0.15, 0.2) is 41.3 Å². The monoisotopic (exact) mass is 358 g/mol. The number of amides is 3. The first-order valence-corrected chi connectivity index (χ1v) is 8.70. The molecule has 0 fully saturated rings. The minimum Gasteiger partial charge on any atom is -0.454 e. The highest BCUT2D eigenvalue weighted by Gasteiger charge is 2.15. The summed E-state index contributed by atoms with van der Waals surface area (Å²) in [6.07, 6.45) is 0. The minimum atomic E-state index is -0.579. The molecule has 0 bridgehead atoms. The zero-order chi connectivity index (χ0) is 17.8. The summed E-state index contributed by atoms with van der Waals surface area (Å²) in [6, 6.07) is 10.5.